The Hall–Kier alpha value is -3.85. The maximum absolute atomic E-state index is 14.1. The van der Waals surface area contributed by atoms with Crippen molar-refractivity contribution in [2.45, 2.75) is 51.7 Å². The SMILES string of the molecule is Cc1cccc(CN2c3ccccc3C3(Cc4cccc(C)c4)CCN(C(=O)c4cccc(C)c4)C23)c1. The van der Waals surface area contributed by atoms with Gasteiger partial charge in [0.2, 0.25) is 0 Å². The molecule has 2 aliphatic rings. The minimum Gasteiger partial charge on any atom is -0.346 e. The number of benzene rings is 4. The second-order valence-corrected chi connectivity index (χ2v) is 10.9. The standard InChI is InChI=1S/C34H34N2O/c1-24-9-6-12-27(19-24)22-34-17-18-35(32(37)29-14-8-11-26(3)21-29)33(34)36(31-16-5-4-15-30(31)34)23-28-13-7-10-25(2)20-28/h4-16,19-21,33H,17-18,22-23H2,1-3H3. The second kappa shape index (κ2) is 9.23. The molecule has 0 aromatic heterocycles. The van der Waals surface area contributed by atoms with E-state index < -0.39 is 0 Å². The quantitative estimate of drug-likeness (QED) is 0.304. The van der Waals surface area contributed by atoms with Crippen molar-refractivity contribution in [1.29, 1.82) is 0 Å². The first-order valence-electron chi connectivity index (χ1n) is 13.3. The van der Waals surface area contributed by atoms with Crippen LogP contribution in [0.25, 0.3) is 0 Å². The van der Waals surface area contributed by atoms with E-state index in [1.165, 1.54) is 33.5 Å². The van der Waals surface area contributed by atoms with Gasteiger partial charge in [0.25, 0.3) is 5.91 Å². The van der Waals surface area contributed by atoms with E-state index in [0.717, 1.165) is 37.1 Å². The number of nitrogens with zero attached hydrogens (tertiary/aromatic N) is 2. The Morgan fingerprint density at radius 2 is 1.43 bits per heavy atom. The monoisotopic (exact) mass is 486 g/mol. The molecule has 3 heteroatoms. The van der Waals surface area contributed by atoms with Crippen LogP contribution < -0.4 is 4.90 Å². The van der Waals surface area contributed by atoms with Crippen LogP contribution in [-0.2, 0) is 18.4 Å². The number of amides is 1. The molecule has 2 atom stereocenters. The molecule has 0 spiro atoms. The van der Waals surface area contributed by atoms with Crippen LogP contribution in [0.15, 0.2) is 97.1 Å². The smallest absolute Gasteiger partial charge is 0.255 e. The summed E-state index contributed by atoms with van der Waals surface area (Å²) in [7, 11) is 0. The van der Waals surface area contributed by atoms with E-state index in [4.69, 9.17) is 0 Å². The average Bonchev–Trinajstić information content (AvgIpc) is 3.37. The summed E-state index contributed by atoms with van der Waals surface area (Å²) in [6, 6.07) is 34.5. The summed E-state index contributed by atoms with van der Waals surface area (Å²) in [5, 5.41) is 0. The minimum atomic E-state index is -0.159. The molecule has 2 heterocycles. The van der Waals surface area contributed by atoms with Crippen molar-refractivity contribution in [2.24, 2.45) is 0 Å². The molecule has 4 aromatic rings. The lowest BCUT2D eigenvalue weighted by Gasteiger charge is -2.39. The molecule has 0 bridgehead atoms. The fourth-order valence-electron chi connectivity index (χ4n) is 6.68. The van der Waals surface area contributed by atoms with Crippen molar-refractivity contribution >= 4 is 11.6 Å². The summed E-state index contributed by atoms with van der Waals surface area (Å²) in [6.45, 7) is 7.89. The minimum absolute atomic E-state index is 0.0427. The lowest BCUT2D eigenvalue weighted by Crippen LogP contribution is -2.52. The lowest BCUT2D eigenvalue weighted by molar-refractivity contribution is 0.0709. The number of anilines is 1. The van der Waals surface area contributed by atoms with Gasteiger partial charge in [0, 0.05) is 29.8 Å². The molecule has 1 fully saturated rings. The van der Waals surface area contributed by atoms with Crippen LogP contribution in [0.1, 0.15) is 50.2 Å². The number of carbonyl (C=O) groups excluding carboxylic acids is 1. The van der Waals surface area contributed by atoms with Crippen molar-refractivity contribution in [1.82, 2.24) is 4.90 Å². The fraction of sp³-hybridized carbons (Fsp3) is 0.265. The molecule has 0 radical (unpaired) electrons. The highest BCUT2D eigenvalue weighted by Crippen LogP contribution is 2.54. The van der Waals surface area contributed by atoms with Crippen LogP contribution in [0.5, 0.6) is 0 Å². The molecule has 186 valence electrons. The van der Waals surface area contributed by atoms with Gasteiger partial charge in [-0.25, -0.2) is 0 Å². The van der Waals surface area contributed by atoms with Gasteiger partial charge in [-0.1, -0.05) is 95.6 Å². The van der Waals surface area contributed by atoms with Gasteiger partial charge in [0.05, 0.1) is 0 Å². The summed E-state index contributed by atoms with van der Waals surface area (Å²) in [5.74, 6) is 0.127. The van der Waals surface area contributed by atoms with Crippen molar-refractivity contribution in [3.05, 3.63) is 136 Å². The van der Waals surface area contributed by atoms with E-state index in [2.05, 4.69) is 109 Å². The number of para-hydroxylation sites is 1. The Bertz CT molecular complexity index is 1470. The molecular weight excluding hydrogens is 452 g/mol. The molecule has 4 aromatic carbocycles. The number of aryl methyl sites for hydroxylation is 3. The lowest BCUT2D eigenvalue weighted by atomic mass is 9.74. The summed E-state index contributed by atoms with van der Waals surface area (Å²) in [5.41, 5.74) is 9.50. The topological polar surface area (TPSA) is 23.6 Å². The molecular formula is C34H34N2O. The molecule has 37 heavy (non-hydrogen) atoms. The highest BCUT2D eigenvalue weighted by Gasteiger charge is 2.58. The van der Waals surface area contributed by atoms with Crippen molar-refractivity contribution in [3.63, 3.8) is 0 Å². The van der Waals surface area contributed by atoms with Crippen molar-refractivity contribution in [3.8, 4) is 0 Å². The summed E-state index contributed by atoms with van der Waals surface area (Å²) in [4.78, 5) is 18.7. The average molecular weight is 487 g/mol. The van der Waals surface area contributed by atoms with E-state index >= 15 is 0 Å². The molecule has 2 aliphatic heterocycles. The number of likely N-dealkylation sites (tertiary alicyclic amines) is 1. The van der Waals surface area contributed by atoms with Crippen molar-refractivity contribution < 1.29 is 4.79 Å². The predicted octanol–water partition coefficient (Wildman–Crippen LogP) is 6.98. The van der Waals surface area contributed by atoms with Gasteiger partial charge in [-0.2, -0.15) is 0 Å². The maximum atomic E-state index is 14.1. The van der Waals surface area contributed by atoms with Gasteiger partial charge in [-0.05, 0) is 68.5 Å². The van der Waals surface area contributed by atoms with Crippen molar-refractivity contribution in [2.75, 3.05) is 11.4 Å². The third-order valence-corrected chi connectivity index (χ3v) is 8.20. The zero-order valence-electron chi connectivity index (χ0n) is 21.9. The molecule has 3 nitrogen and oxygen atoms in total. The molecule has 6 rings (SSSR count). The number of rotatable bonds is 5. The third kappa shape index (κ3) is 4.13. The Labute approximate surface area is 220 Å². The Balaban J connectivity index is 1.48. The predicted molar refractivity (Wildman–Crippen MR) is 151 cm³/mol. The van der Waals surface area contributed by atoms with E-state index in [1.807, 2.05) is 18.2 Å². The third-order valence-electron chi connectivity index (χ3n) is 8.20. The van der Waals surface area contributed by atoms with Crippen LogP contribution in [0.2, 0.25) is 0 Å². The number of fused-ring (bicyclic) bond motifs is 3. The van der Waals surface area contributed by atoms with Crippen LogP contribution in [0.3, 0.4) is 0 Å². The Morgan fingerprint density at radius 3 is 2.16 bits per heavy atom. The molecule has 0 N–H and O–H groups in total. The first kappa shape index (κ1) is 23.5. The number of hydrogen-bond acceptors (Lipinski definition) is 2. The van der Waals surface area contributed by atoms with Crippen LogP contribution >= 0.6 is 0 Å². The van der Waals surface area contributed by atoms with Gasteiger partial charge >= 0.3 is 0 Å². The molecule has 0 aliphatic carbocycles. The molecule has 0 saturated carbocycles. The second-order valence-electron chi connectivity index (χ2n) is 10.9. The Morgan fingerprint density at radius 1 is 0.784 bits per heavy atom. The summed E-state index contributed by atoms with van der Waals surface area (Å²) < 4.78 is 0. The van der Waals surface area contributed by atoms with E-state index in [0.29, 0.717) is 0 Å². The first-order chi connectivity index (χ1) is 17.9. The number of carbonyl (C=O) groups is 1. The van der Waals surface area contributed by atoms with Crippen LogP contribution in [0.4, 0.5) is 5.69 Å². The van der Waals surface area contributed by atoms with Crippen LogP contribution in [0, 0.1) is 20.8 Å². The zero-order chi connectivity index (χ0) is 25.6. The normalized spacial score (nSPS) is 20.1. The molecule has 2 unspecified atom stereocenters. The highest BCUT2D eigenvalue weighted by atomic mass is 16.2. The first-order valence-corrected chi connectivity index (χ1v) is 13.3. The Kier molecular flexibility index (Phi) is 5.87. The summed E-state index contributed by atoms with van der Waals surface area (Å²) >= 11 is 0. The highest BCUT2D eigenvalue weighted by molar-refractivity contribution is 5.95. The number of hydrogen-bond donors (Lipinski definition) is 0. The fourth-order valence-corrected chi connectivity index (χ4v) is 6.68. The van der Waals surface area contributed by atoms with Gasteiger partial charge in [-0.3, -0.25) is 4.79 Å². The van der Waals surface area contributed by atoms with E-state index in [1.54, 1.807) is 0 Å². The van der Waals surface area contributed by atoms with Gasteiger partial charge in [-0.15, -0.1) is 0 Å². The zero-order valence-corrected chi connectivity index (χ0v) is 21.9. The van der Waals surface area contributed by atoms with E-state index in [-0.39, 0.29) is 17.5 Å². The molecule has 1 saturated heterocycles. The largest absolute Gasteiger partial charge is 0.346 e. The van der Waals surface area contributed by atoms with Gasteiger partial charge < -0.3 is 9.80 Å². The van der Waals surface area contributed by atoms with Gasteiger partial charge in [0.1, 0.15) is 6.17 Å². The summed E-state index contributed by atoms with van der Waals surface area (Å²) in [6.07, 6.45) is 1.82. The molecule has 1 amide bonds. The van der Waals surface area contributed by atoms with Crippen LogP contribution in [-0.4, -0.2) is 23.5 Å². The maximum Gasteiger partial charge on any atom is 0.255 e. The van der Waals surface area contributed by atoms with Gasteiger partial charge in [0.15, 0.2) is 0 Å². The van der Waals surface area contributed by atoms with E-state index in [9.17, 15) is 4.79 Å².